The lowest BCUT2D eigenvalue weighted by Gasteiger charge is -2.31. The number of likely N-dealkylation sites (tertiary alicyclic amines) is 1. The minimum absolute atomic E-state index is 0.0149. The van der Waals surface area contributed by atoms with Crippen molar-refractivity contribution >= 4 is 40.3 Å². The standard InChI is InChI=1S/C23H20Cl2N6O2/c24-17-7-3-1-5-15(17)13-31-21-19(28-29-31)22(32)27-20(26-21)14-9-11-30(12-10-14)23(33)16-6-2-4-8-18(16)25/h1-8,14H,9-13H2,(H,26,27,32). The predicted octanol–water partition coefficient (Wildman–Crippen LogP) is 3.89. The van der Waals surface area contributed by atoms with Gasteiger partial charge in [-0.25, -0.2) is 9.67 Å². The molecule has 10 heteroatoms. The van der Waals surface area contributed by atoms with Gasteiger partial charge in [-0.2, -0.15) is 0 Å². The number of fused-ring (bicyclic) bond motifs is 1. The van der Waals surface area contributed by atoms with Crippen LogP contribution < -0.4 is 5.56 Å². The van der Waals surface area contributed by atoms with Crippen LogP contribution in [0.5, 0.6) is 0 Å². The summed E-state index contributed by atoms with van der Waals surface area (Å²) in [6, 6.07) is 14.5. The molecule has 0 bridgehead atoms. The molecule has 0 saturated carbocycles. The third-order valence-corrected chi connectivity index (χ3v) is 6.64. The number of H-pyrrole nitrogens is 1. The molecule has 0 unspecified atom stereocenters. The lowest BCUT2D eigenvalue weighted by molar-refractivity contribution is 0.0711. The molecule has 0 atom stereocenters. The molecule has 3 heterocycles. The zero-order valence-electron chi connectivity index (χ0n) is 17.5. The van der Waals surface area contributed by atoms with Crippen LogP contribution in [0.1, 0.15) is 40.5 Å². The van der Waals surface area contributed by atoms with Crippen LogP contribution in [0, 0.1) is 0 Å². The first-order chi connectivity index (χ1) is 16.0. The van der Waals surface area contributed by atoms with Gasteiger partial charge in [0.15, 0.2) is 11.2 Å². The van der Waals surface area contributed by atoms with Crippen LogP contribution in [-0.4, -0.2) is 48.9 Å². The number of aromatic amines is 1. The molecule has 0 aliphatic carbocycles. The first-order valence-corrected chi connectivity index (χ1v) is 11.4. The third-order valence-electron chi connectivity index (χ3n) is 5.94. The number of halogens is 2. The molecular weight excluding hydrogens is 463 g/mol. The van der Waals surface area contributed by atoms with Gasteiger partial charge in [0.2, 0.25) is 0 Å². The SMILES string of the molecule is O=C(c1ccccc1Cl)N1CCC(c2nc3c(nnn3Cc3ccccc3Cl)c(=O)[nH]2)CC1. The number of nitrogens with zero attached hydrogens (tertiary/aromatic N) is 5. The molecule has 5 rings (SSSR count). The maximum Gasteiger partial charge on any atom is 0.281 e. The Labute approximate surface area is 199 Å². The number of hydrogen-bond acceptors (Lipinski definition) is 5. The highest BCUT2D eigenvalue weighted by Gasteiger charge is 2.27. The van der Waals surface area contributed by atoms with Gasteiger partial charge in [0, 0.05) is 24.0 Å². The second-order valence-electron chi connectivity index (χ2n) is 8.01. The number of carbonyl (C=O) groups is 1. The van der Waals surface area contributed by atoms with Crippen molar-refractivity contribution in [1.29, 1.82) is 0 Å². The van der Waals surface area contributed by atoms with Gasteiger partial charge < -0.3 is 9.88 Å². The summed E-state index contributed by atoms with van der Waals surface area (Å²) in [4.78, 5) is 34.8. The molecule has 2 aromatic carbocycles. The van der Waals surface area contributed by atoms with Crippen molar-refractivity contribution in [3.05, 3.63) is 85.9 Å². The molecule has 168 valence electrons. The Morgan fingerprint density at radius 3 is 2.45 bits per heavy atom. The minimum Gasteiger partial charge on any atom is -0.339 e. The number of rotatable bonds is 4. The fourth-order valence-corrected chi connectivity index (χ4v) is 4.54. The van der Waals surface area contributed by atoms with Gasteiger partial charge in [0.05, 0.1) is 17.1 Å². The van der Waals surface area contributed by atoms with Gasteiger partial charge in [0.1, 0.15) is 5.82 Å². The van der Waals surface area contributed by atoms with Crippen molar-refractivity contribution < 1.29 is 4.79 Å². The van der Waals surface area contributed by atoms with Crippen molar-refractivity contribution in [2.75, 3.05) is 13.1 Å². The number of carbonyl (C=O) groups excluding carboxylic acids is 1. The molecule has 2 aromatic heterocycles. The van der Waals surface area contributed by atoms with Crippen molar-refractivity contribution in [1.82, 2.24) is 29.9 Å². The van der Waals surface area contributed by atoms with Crippen LogP contribution in [0.4, 0.5) is 0 Å². The van der Waals surface area contributed by atoms with E-state index in [1.807, 2.05) is 18.2 Å². The summed E-state index contributed by atoms with van der Waals surface area (Å²) in [5.41, 5.74) is 1.65. The molecule has 33 heavy (non-hydrogen) atoms. The summed E-state index contributed by atoms with van der Waals surface area (Å²) in [6.45, 7) is 1.46. The molecule has 1 N–H and O–H groups in total. The van der Waals surface area contributed by atoms with E-state index in [-0.39, 0.29) is 22.9 Å². The van der Waals surface area contributed by atoms with Gasteiger partial charge in [-0.15, -0.1) is 5.10 Å². The largest absolute Gasteiger partial charge is 0.339 e. The van der Waals surface area contributed by atoms with Crippen LogP contribution >= 0.6 is 23.2 Å². The smallest absolute Gasteiger partial charge is 0.281 e. The number of aromatic nitrogens is 5. The van der Waals surface area contributed by atoms with E-state index in [2.05, 4.69) is 15.3 Å². The van der Waals surface area contributed by atoms with E-state index in [0.717, 1.165) is 5.56 Å². The topological polar surface area (TPSA) is 96.8 Å². The second kappa shape index (κ2) is 8.96. The summed E-state index contributed by atoms with van der Waals surface area (Å²) in [5.74, 6) is 0.513. The fraction of sp³-hybridized carbons (Fsp3) is 0.261. The second-order valence-corrected chi connectivity index (χ2v) is 8.82. The first-order valence-electron chi connectivity index (χ1n) is 10.6. The van der Waals surface area contributed by atoms with E-state index in [1.165, 1.54) is 0 Å². The van der Waals surface area contributed by atoms with E-state index >= 15 is 0 Å². The van der Waals surface area contributed by atoms with Gasteiger partial charge in [0.25, 0.3) is 11.5 Å². The van der Waals surface area contributed by atoms with Gasteiger partial charge in [-0.3, -0.25) is 9.59 Å². The molecular formula is C23H20Cl2N6O2. The summed E-state index contributed by atoms with van der Waals surface area (Å²) in [5, 5.41) is 9.18. The lowest BCUT2D eigenvalue weighted by atomic mass is 9.95. The van der Waals surface area contributed by atoms with Crippen molar-refractivity contribution in [3.63, 3.8) is 0 Å². The number of amides is 1. The molecule has 1 saturated heterocycles. The average molecular weight is 483 g/mol. The van der Waals surface area contributed by atoms with Crippen LogP contribution in [0.2, 0.25) is 10.0 Å². The Morgan fingerprint density at radius 1 is 1.03 bits per heavy atom. The Bertz CT molecular complexity index is 1390. The van der Waals surface area contributed by atoms with Crippen molar-refractivity contribution in [2.45, 2.75) is 25.3 Å². The Kier molecular flexibility index (Phi) is 5.86. The zero-order chi connectivity index (χ0) is 22.9. The fourth-order valence-electron chi connectivity index (χ4n) is 4.13. The maximum absolute atomic E-state index is 12.8. The van der Waals surface area contributed by atoms with E-state index in [9.17, 15) is 9.59 Å². The van der Waals surface area contributed by atoms with Gasteiger partial charge >= 0.3 is 0 Å². The summed E-state index contributed by atoms with van der Waals surface area (Å²) in [6.07, 6.45) is 1.35. The predicted molar refractivity (Wildman–Crippen MR) is 126 cm³/mol. The molecule has 8 nitrogen and oxygen atoms in total. The highest BCUT2D eigenvalue weighted by Crippen LogP contribution is 2.28. The number of benzene rings is 2. The minimum atomic E-state index is -0.324. The van der Waals surface area contributed by atoms with Crippen LogP contribution in [0.3, 0.4) is 0 Å². The molecule has 1 aliphatic rings. The zero-order valence-corrected chi connectivity index (χ0v) is 19.1. The maximum atomic E-state index is 12.8. The monoisotopic (exact) mass is 482 g/mol. The van der Waals surface area contributed by atoms with E-state index < -0.39 is 0 Å². The summed E-state index contributed by atoms with van der Waals surface area (Å²) < 4.78 is 1.59. The molecule has 1 fully saturated rings. The van der Waals surface area contributed by atoms with Gasteiger partial charge in [-0.05, 0) is 36.6 Å². The quantitative estimate of drug-likeness (QED) is 0.475. The Morgan fingerprint density at radius 2 is 1.73 bits per heavy atom. The average Bonchev–Trinajstić information content (AvgIpc) is 3.24. The number of hydrogen-bond donors (Lipinski definition) is 1. The first kappa shape index (κ1) is 21.6. The number of nitrogens with one attached hydrogen (secondary N) is 1. The van der Waals surface area contributed by atoms with E-state index in [4.69, 9.17) is 28.2 Å². The molecule has 0 spiro atoms. The summed E-state index contributed by atoms with van der Waals surface area (Å²) >= 11 is 12.5. The van der Waals surface area contributed by atoms with Crippen molar-refractivity contribution in [2.24, 2.45) is 0 Å². The van der Waals surface area contributed by atoms with Crippen LogP contribution in [-0.2, 0) is 6.54 Å². The molecule has 0 radical (unpaired) electrons. The van der Waals surface area contributed by atoms with E-state index in [1.54, 1.807) is 39.9 Å². The van der Waals surface area contributed by atoms with Gasteiger partial charge in [-0.1, -0.05) is 58.7 Å². The number of piperidine rings is 1. The lowest BCUT2D eigenvalue weighted by Crippen LogP contribution is -2.38. The third kappa shape index (κ3) is 4.24. The van der Waals surface area contributed by atoms with E-state index in [0.29, 0.717) is 59.6 Å². The Hall–Kier alpha value is -3.23. The van der Waals surface area contributed by atoms with Crippen LogP contribution in [0.25, 0.3) is 11.2 Å². The highest BCUT2D eigenvalue weighted by atomic mass is 35.5. The Balaban J connectivity index is 1.36. The van der Waals surface area contributed by atoms with Crippen molar-refractivity contribution in [3.8, 4) is 0 Å². The summed E-state index contributed by atoms with van der Waals surface area (Å²) in [7, 11) is 0. The molecule has 4 aromatic rings. The highest BCUT2D eigenvalue weighted by molar-refractivity contribution is 6.33. The normalized spacial score (nSPS) is 14.7. The molecule has 1 amide bonds. The molecule has 1 aliphatic heterocycles. The van der Waals surface area contributed by atoms with Crippen LogP contribution in [0.15, 0.2) is 53.3 Å².